The molecule has 1 rings (SSSR count). The van der Waals surface area contributed by atoms with Crippen LogP contribution < -0.4 is 0 Å². The molecule has 0 spiro atoms. The van der Waals surface area contributed by atoms with Crippen molar-refractivity contribution in [3.63, 3.8) is 0 Å². The molecule has 6 nitrogen and oxygen atoms in total. The number of aliphatic hydroxyl groups excluding tert-OH is 1. The first-order valence-electron chi connectivity index (χ1n) is 9.11. The van der Waals surface area contributed by atoms with Crippen molar-refractivity contribution >= 4 is 34.2 Å². The third-order valence-corrected chi connectivity index (χ3v) is 22.3. The summed E-state index contributed by atoms with van der Waals surface area (Å²) in [5, 5.41) is 13.8. The molecule has 27 heavy (non-hydrogen) atoms. The lowest BCUT2D eigenvalue weighted by Gasteiger charge is -2.50. The SMILES string of the molecule is C=C[Si]1(C=C)O[Si](C=C)(C=C)O[Si](CC)(CC)O[Si](CC)(CC)O1.N#CO. The molecule has 0 unspecified atom stereocenters. The molecule has 1 fully saturated rings. The lowest BCUT2D eigenvalue weighted by atomic mass is 10.9. The quantitative estimate of drug-likeness (QED) is 0.434. The number of hydrogen-bond donors (Lipinski definition) is 1. The van der Waals surface area contributed by atoms with Gasteiger partial charge in [0.05, 0.1) is 0 Å². The van der Waals surface area contributed by atoms with Gasteiger partial charge in [-0.3, -0.25) is 0 Å². The van der Waals surface area contributed by atoms with E-state index in [-0.39, 0.29) is 0 Å². The largest absolute Gasteiger partial charge is 0.443 e. The average molecular weight is 444 g/mol. The molecule has 0 saturated carbocycles. The molecule has 0 atom stereocenters. The van der Waals surface area contributed by atoms with Gasteiger partial charge in [-0.2, -0.15) is 5.26 Å². The molecule has 0 amide bonds. The van der Waals surface area contributed by atoms with Crippen molar-refractivity contribution in [1.82, 2.24) is 0 Å². The van der Waals surface area contributed by atoms with E-state index in [1.807, 2.05) is 0 Å². The summed E-state index contributed by atoms with van der Waals surface area (Å²) in [5.74, 6) is 0. The predicted molar refractivity (Wildman–Crippen MR) is 118 cm³/mol. The Morgan fingerprint density at radius 1 is 0.704 bits per heavy atom. The molecule has 0 aromatic rings. The molecule has 0 aromatic heterocycles. The first kappa shape index (κ1) is 26.0. The maximum Gasteiger partial charge on any atom is 0.373 e. The van der Waals surface area contributed by atoms with Crippen molar-refractivity contribution < 1.29 is 21.6 Å². The van der Waals surface area contributed by atoms with Crippen molar-refractivity contribution in [3.05, 3.63) is 49.1 Å². The van der Waals surface area contributed by atoms with Gasteiger partial charge in [-0.25, -0.2) is 0 Å². The maximum atomic E-state index is 6.88. The van der Waals surface area contributed by atoms with Gasteiger partial charge < -0.3 is 21.6 Å². The zero-order valence-corrected chi connectivity index (χ0v) is 21.0. The molecule has 1 aliphatic heterocycles. The van der Waals surface area contributed by atoms with Crippen LogP contribution in [0, 0.1) is 11.5 Å². The van der Waals surface area contributed by atoms with Crippen LogP contribution in [0.15, 0.2) is 49.1 Å². The molecular formula is C17H33NO5Si4. The molecule has 0 aliphatic carbocycles. The van der Waals surface area contributed by atoms with Crippen LogP contribution in [0.5, 0.6) is 0 Å². The van der Waals surface area contributed by atoms with Gasteiger partial charge in [0, 0.05) is 0 Å². The topological polar surface area (TPSA) is 80.9 Å². The van der Waals surface area contributed by atoms with E-state index < -0.39 is 34.2 Å². The van der Waals surface area contributed by atoms with Gasteiger partial charge >= 0.3 is 34.2 Å². The molecule has 1 aliphatic rings. The van der Waals surface area contributed by atoms with E-state index in [0.717, 1.165) is 30.4 Å². The summed E-state index contributed by atoms with van der Waals surface area (Å²) in [7, 11) is -10.7. The molecular weight excluding hydrogens is 411 g/mol. The Morgan fingerprint density at radius 3 is 1.15 bits per heavy atom. The van der Waals surface area contributed by atoms with Crippen molar-refractivity contribution in [1.29, 1.82) is 5.26 Å². The van der Waals surface area contributed by atoms with E-state index in [1.165, 1.54) is 0 Å². The Bertz CT molecular complexity index is 512. The molecule has 0 bridgehead atoms. The Balaban J connectivity index is 0.00000210. The summed E-state index contributed by atoms with van der Waals surface area (Å²) >= 11 is 0. The van der Waals surface area contributed by atoms with E-state index >= 15 is 0 Å². The smallest absolute Gasteiger partial charge is 0.373 e. The third-order valence-electron chi connectivity index (χ3n) is 4.67. The third kappa shape index (κ3) is 5.97. The van der Waals surface area contributed by atoms with Crippen LogP contribution in [0.25, 0.3) is 0 Å². The maximum absolute atomic E-state index is 6.88. The van der Waals surface area contributed by atoms with Gasteiger partial charge in [-0.1, -0.05) is 27.7 Å². The molecule has 1 N–H and O–H groups in total. The summed E-state index contributed by atoms with van der Waals surface area (Å²) < 4.78 is 26.7. The highest BCUT2D eigenvalue weighted by molar-refractivity contribution is 7.00. The van der Waals surface area contributed by atoms with Gasteiger partial charge in [0.25, 0.3) is 6.26 Å². The van der Waals surface area contributed by atoms with Crippen molar-refractivity contribution in [2.75, 3.05) is 0 Å². The number of rotatable bonds is 8. The minimum Gasteiger partial charge on any atom is -0.443 e. The van der Waals surface area contributed by atoms with E-state index in [0.29, 0.717) is 0 Å². The van der Waals surface area contributed by atoms with Crippen LogP contribution in [0.1, 0.15) is 27.7 Å². The van der Waals surface area contributed by atoms with Crippen molar-refractivity contribution in [2.45, 2.75) is 51.9 Å². The number of hydrogen-bond acceptors (Lipinski definition) is 6. The van der Waals surface area contributed by atoms with Gasteiger partial charge in [0.15, 0.2) is 0 Å². The first-order chi connectivity index (χ1) is 12.7. The molecule has 1 saturated heterocycles. The highest BCUT2D eigenvalue weighted by Gasteiger charge is 2.58. The van der Waals surface area contributed by atoms with Crippen LogP contribution in [-0.2, 0) is 16.5 Å². The fraction of sp³-hybridized carbons (Fsp3) is 0.471. The van der Waals surface area contributed by atoms with E-state index in [2.05, 4.69) is 54.0 Å². The Kier molecular flexibility index (Phi) is 10.7. The second-order valence-corrected chi connectivity index (χ2v) is 20.3. The highest BCUT2D eigenvalue weighted by Crippen LogP contribution is 2.38. The van der Waals surface area contributed by atoms with Gasteiger partial charge in [-0.05, 0) is 47.0 Å². The molecule has 10 heteroatoms. The molecule has 0 radical (unpaired) electrons. The summed E-state index contributed by atoms with van der Waals surface area (Å²) in [6.07, 6.45) is 0.750. The van der Waals surface area contributed by atoms with Gasteiger partial charge in [0.1, 0.15) is 0 Å². The van der Waals surface area contributed by atoms with E-state index in [1.54, 1.807) is 22.8 Å². The average Bonchev–Trinajstić information content (AvgIpc) is 2.70. The highest BCUT2D eigenvalue weighted by atomic mass is 28.5. The zero-order valence-electron chi connectivity index (χ0n) is 17.0. The van der Waals surface area contributed by atoms with Crippen LogP contribution in [0.4, 0.5) is 0 Å². The summed E-state index contributed by atoms with van der Waals surface area (Å²) in [6.45, 7) is 24.3. The second kappa shape index (κ2) is 11.1. The van der Waals surface area contributed by atoms with Crippen LogP contribution in [0.2, 0.25) is 24.2 Å². The Labute approximate surface area is 168 Å². The number of nitrogens with zero attached hydrogens (tertiary/aromatic N) is 1. The minimum atomic E-state index is -2.87. The second-order valence-electron chi connectivity index (χ2n) is 6.00. The summed E-state index contributed by atoms with van der Waals surface area (Å²) in [4.78, 5) is 0. The van der Waals surface area contributed by atoms with E-state index in [4.69, 9.17) is 26.8 Å². The molecule has 152 valence electrons. The van der Waals surface area contributed by atoms with E-state index in [9.17, 15) is 0 Å². The van der Waals surface area contributed by atoms with Crippen molar-refractivity contribution in [3.8, 4) is 6.26 Å². The molecule has 1 heterocycles. The molecule has 0 aromatic carbocycles. The summed E-state index contributed by atoms with van der Waals surface area (Å²) in [6, 6.07) is 3.38. The first-order valence-corrected chi connectivity index (χ1v) is 17.5. The zero-order chi connectivity index (χ0) is 21.2. The van der Waals surface area contributed by atoms with Crippen LogP contribution in [0.3, 0.4) is 0 Å². The lowest BCUT2D eigenvalue weighted by molar-refractivity contribution is 0.235. The fourth-order valence-electron chi connectivity index (χ4n) is 2.83. The summed E-state index contributed by atoms with van der Waals surface area (Å²) in [5.41, 5.74) is 7.06. The van der Waals surface area contributed by atoms with Crippen molar-refractivity contribution in [2.24, 2.45) is 0 Å². The van der Waals surface area contributed by atoms with Gasteiger partial charge in [-0.15, -0.1) is 26.3 Å². The normalized spacial score (nSPS) is 21.7. The Morgan fingerprint density at radius 2 is 0.963 bits per heavy atom. The fourth-order valence-corrected chi connectivity index (χ4v) is 23.0. The van der Waals surface area contributed by atoms with Gasteiger partial charge in [0.2, 0.25) is 0 Å². The number of aliphatic hydroxyl groups is 1. The Hall–Kier alpha value is -1.04. The van der Waals surface area contributed by atoms with Crippen LogP contribution >= 0.6 is 0 Å². The predicted octanol–water partition coefficient (Wildman–Crippen LogP) is 4.66. The lowest BCUT2D eigenvalue weighted by Crippen LogP contribution is -2.68. The van der Waals surface area contributed by atoms with Crippen LogP contribution in [-0.4, -0.2) is 39.4 Å². The number of nitriles is 1. The minimum absolute atomic E-state index is 0.750. The standard InChI is InChI=1S/C16H32O4Si4.CHNO/c1-9-21(10-2)17-22(11-3,12-4)19-24(15-7,16-8)20-23(13-5,14-6)18-21;2-1-3/h9-12H,1-4,13-16H2,5-8H3;3H. The monoisotopic (exact) mass is 443 g/mol.